The molecule has 0 spiro atoms. The van der Waals surface area contributed by atoms with Crippen molar-refractivity contribution < 1.29 is 8.78 Å². The summed E-state index contributed by atoms with van der Waals surface area (Å²) >= 11 is 0. The third-order valence-electron chi connectivity index (χ3n) is 2.24. The fraction of sp³-hybridized carbons (Fsp3) is 0.300. The van der Waals surface area contributed by atoms with E-state index in [-0.39, 0.29) is 11.5 Å². The van der Waals surface area contributed by atoms with Crippen LogP contribution >= 0.6 is 0 Å². The summed E-state index contributed by atoms with van der Waals surface area (Å²) < 4.78 is 27.1. The molecule has 0 radical (unpaired) electrons. The Kier molecular flexibility index (Phi) is 3.38. The van der Waals surface area contributed by atoms with Crippen molar-refractivity contribution in [2.75, 3.05) is 7.05 Å². The normalized spacial score (nSPS) is 11.1. The molecule has 90 valence electrons. The van der Waals surface area contributed by atoms with Gasteiger partial charge in [-0.25, -0.2) is 13.5 Å². The van der Waals surface area contributed by atoms with Crippen LogP contribution in [-0.2, 0) is 6.54 Å². The van der Waals surface area contributed by atoms with Gasteiger partial charge in [0.05, 0.1) is 6.20 Å². The molecule has 0 saturated heterocycles. The zero-order chi connectivity index (χ0) is 12.3. The minimum absolute atomic E-state index is 0.153. The molecule has 2 heterocycles. The molecule has 0 aliphatic heterocycles. The van der Waals surface area contributed by atoms with Gasteiger partial charge in [0.15, 0.2) is 5.82 Å². The summed E-state index contributed by atoms with van der Waals surface area (Å²) in [4.78, 5) is 0. The monoisotopic (exact) mass is 239 g/mol. The van der Waals surface area contributed by atoms with E-state index in [1.165, 1.54) is 12.4 Å². The van der Waals surface area contributed by atoms with E-state index in [0.29, 0.717) is 12.1 Å². The largest absolute Gasteiger partial charge is 0.316 e. The lowest BCUT2D eigenvalue weighted by molar-refractivity contribution is 0.141. The standard InChI is InChI=1S/C10H11F2N5/c1-13-5-7-6-15-17(9(7)10(11)12)8-3-2-4-14-16-8/h2-4,6,10,13H,5H2,1H3. The predicted molar refractivity (Wildman–Crippen MR) is 56.9 cm³/mol. The summed E-state index contributed by atoms with van der Waals surface area (Å²) in [5.74, 6) is 0.283. The molecular formula is C10H11F2N5. The van der Waals surface area contributed by atoms with Crippen molar-refractivity contribution in [1.29, 1.82) is 0 Å². The Morgan fingerprint density at radius 3 is 2.88 bits per heavy atom. The number of halogens is 2. The van der Waals surface area contributed by atoms with Crippen molar-refractivity contribution in [3.63, 3.8) is 0 Å². The first-order valence-electron chi connectivity index (χ1n) is 5.01. The van der Waals surface area contributed by atoms with E-state index in [1.54, 1.807) is 19.2 Å². The van der Waals surface area contributed by atoms with Gasteiger partial charge >= 0.3 is 0 Å². The van der Waals surface area contributed by atoms with Crippen molar-refractivity contribution in [2.24, 2.45) is 0 Å². The first-order chi connectivity index (χ1) is 8.24. The number of alkyl halides is 2. The van der Waals surface area contributed by atoms with Crippen LogP contribution in [0.2, 0.25) is 0 Å². The molecule has 1 N–H and O–H groups in total. The summed E-state index contributed by atoms with van der Waals surface area (Å²) in [6, 6.07) is 3.20. The summed E-state index contributed by atoms with van der Waals surface area (Å²) in [7, 11) is 1.69. The van der Waals surface area contributed by atoms with Gasteiger partial charge in [-0.1, -0.05) is 0 Å². The molecule has 17 heavy (non-hydrogen) atoms. The number of hydrogen-bond donors (Lipinski definition) is 1. The van der Waals surface area contributed by atoms with E-state index in [1.807, 2.05) is 0 Å². The van der Waals surface area contributed by atoms with E-state index >= 15 is 0 Å². The van der Waals surface area contributed by atoms with Crippen LogP contribution in [0.4, 0.5) is 8.78 Å². The zero-order valence-electron chi connectivity index (χ0n) is 9.14. The van der Waals surface area contributed by atoms with Crippen LogP contribution in [0.1, 0.15) is 17.7 Å². The smallest absolute Gasteiger partial charge is 0.280 e. The Bertz CT molecular complexity index is 483. The minimum Gasteiger partial charge on any atom is -0.316 e. The maximum absolute atomic E-state index is 13.0. The lowest BCUT2D eigenvalue weighted by Crippen LogP contribution is -2.10. The molecule has 2 aromatic rings. The highest BCUT2D eigenvalue weighted by atomic mass is 19.3. The Hall–Kier alpha value is -1.89. The Morgan fingerprint density at radius 2 is 2.29 bits per heavy atom. The van der Waals surface area contributed by atoms with E-state index < -0.39 is 6.43 Å². The highest BCUT2D eigenvalue weighted by molar-refractivity contribution is 5.28. The van der Waals surface area contributed by atoms with Crippen LogP contribution < -0.4 is 5.32 Å². The maximum atomic E-state index is 13.0. The topological polar surface area (TPSA) is 55.6 Å². The van der Waals surface area contributed by atoms with Crippen molar-refractivity contribution >= 4 is 0 Å². The molecule has 0 fully saturated rings. The average Bonchev–Trinajstić information content (AvgIpc) is 2.74. The molecule has 2 aromatic heterocycles. The highest BCUT2D eigenvalue weighted by Crippen LogP contribution is 2.24. The summed E-state index contributed by atoms with van der Waals surface area (Å²) in [6.07, 6.45) is 0.277. The molecule has 0 aromatic carbocycles. The van der Waals surface area contributed by atoms with Gasteiger partial charge in [0.25, 0.3) is 6.43 Å². The number of rotatable bonds is 4. The first-order valence-corrected chi connectivity index (χ1v) is 5.01. The van der Waals surface area contributed by atoms with Gasteiger partial charge < -0.3 is 5.32 Å². The van der Waals surface area contributed by atoms with Crippen molar-refractivity contribution in [1.82, 2.24) is 25.3 Å². The molecule has 2 rings (SSSR count). The second-order valence-corrected chi connectivity index (χ2v) is 3.38. The van der Waals surface area contributed by atoms with Gasteiger partial charge in [-0.3, -0.25) is 0 Å². The molecule has 7 heteroatoms. The third kappa shape index (κ3) is 2.28. The van der Waals surface area contributed by atoms with Crippen LogP contribution in [0.5, 0.6) is 0 Å². The van der Waals surface area contributed by atoms with Crippen molar-refractivity contribution in [3.05, 3.63) is 35.8 Å². The van der Waals surface area contributed by atoms with Crippen LogP contribution in [0.25, 0.3) is 5.82 Å². The van der Waals surface area contributed by atoms with Gasteiger partial charge in [-0.2, -0.15) is 10.2 Å². The van der Waals surface area contributed by atoms with Gasteiger partial charge in [-0.05, 0) is 19.2 Å². The second kappa shape index (κ2) is 4.96. The Balaban J connectivity index is 2.48. The average molecular weight is 239 g/mol. The van der Waals surface area contributed by atoms with Crippen LogP contribution in [0.15, 0.2) is 24.5 Å². The van der Waals surface area contributed by atoms with Crippen LogP contribution in [0, 0.1) is 0 Å². The van der Waals surface area contributed by atoms with Crippen LogP contribution in [0.3, 0.4) is 0 Å². The first kappa shape index (κ1) is 11.6. The second-order valence-electron chi connectivity index (χ2n) is 3.38. The predicted octanol–water partition coefficient (Wildman–Crippen LogP) is 1.32. The number of hydrogen-bond acceptors (Lipinski definition) is 4. The molecule has 0 bridgehead atoms. The molecule has 0 amide bonds. The quantitative estimate of drug-likeness (QED) is 0.874. The summed E-state index contributed by atoms with van der Waals surface area (Å²) in [5.41, 5.74) is 0.299. The minimum atomic E-state index is -2.61. The molecular weight excluding hydrogens is 228 g/mol. The fourth-order valence-electron chi connectivity index (χ4n) is 1.54. The summed E-state index contributed by atoms with van der Waals surface area (Å²) in [5, 5.41) is 14.1. The molecule has 0 aliphatic rings. The van der Waals surface area contributed by atoms with Gasteiger partial charge in [0.2, 0.25) is 0 Å². The lowest BCUT2D eigenvalue weighted by atomic mass is 10.2. The zero-order valence-corrected chi connectivity index (χ0v) is 9.14. The van der Waals surface area contributed by atoms with Crippen LogP contribution in [-0.4, -0.2) is 27.0 Å². The Morgan fingerprint density at radius 1 is 1.47 bits per heavy atom. The van der Waals surface area contributed by atoms with E-state index in [9.17, 15) is 8.78 Å². The van der Waals surface area contributed by atoms with Crippen molar-refractivity contribution in [2.45, 2.75) is 13.0 Å². The van der Waals surface area contributed by atoms with Crippen molar-refractivity contribution in [3.8, 4) is 5.82 Å². The molecule has 0 unspecified atom stereocenters. The highest BCUT2D eigenvalue weighted by Gasteiger charge is 2.21. The van der Waals surface area contributed by atoms with E-state index in [0.717, 1.165) is 4.68 Å². The Labute approximate surface area is 96.5 Å². The molecule has 0 atom stereocenters. The maximum Gasteiger partial charge on any atom is 0.280 e. The lowest BCUT2D eigenvalue weighted by Gasteiger charge is -2.07. The van der Waals surface area contributed by atoms with E-state index in [2.05, 4.69) is 20.6 Å². The fourth-order valence-corrected chi connectivity index (χ4v) is 1.54. The molecule has 5 nitrogen and oxygen atoms in total. The van der Waals surface area contributed by atoms with E-state index in [4.69, 9.17) is 0 Å². The molecule has 0 saturated carbocycles. The SMILES string of the molecule is CNCc1cnn(-c2cccnn2)c1C(F)F. The molecule has 0 aliphatic carbocycles. The number of nitrogens with zero attached hydrogens (tertiary/aromatic N) is 4. The van der Waals surface area contributed by atoms with Gasteiger partial charge in [-0.15, -0.1) is 5.10 Å². The van der Waals surface area contributed by atoms with Gasteiger partial charge in [0.1, 0.15) is 5.69 Å². The number of nitrogens with one attached hydrogen (secondary N) is 1. The number of aromatic nitrogens is 4. The third-order valence-corrected chi connectivity index (χ3v) is 2.24. The van der Waals surface area contributed by atoms with Gasteiger partial charge in [0, 0.05) is 18.3 Å². The summed E-state index contributed by atoms with van der Waals surface area (Å²) in [6.45, 7) is 0.333.